The summed E-state index contributed by atoms with van der Waals surface area (Å²) in [6.07, 6.45) is 1.81. The third kappa shape index (κ3) is 5.62. The molecule has 7 heteroatoms. The maximum atomic E-state index is 11.3. The van der Waals surface area contributed by atoms with Crippen LogP contribution < -0.4 is 10.6 Å². The van der Waals surface area contributed by atoms with Crippen LogP contribution in [0.3, 0.4) is 0 Å². The van der Waals surface area contributed by atoms with Crippen LogP contribution in [0.5, 0.6) is 0 Å². The van der Waals surface area contributed by atoms with Crippen molar-refractivity contribution in [3.8, 4) is 0 Å². The predicted octanol–water partition coefficient (Wildman–Crippen LogP) is 1.89. The van der Waals surface area contributed by atoms with Gasteiger partial charge in [0.1, 0.15) is 5.60 Å². The molecule has 1 amide bonds. The minimum atomic E-state index is -0.494. The van der Waals surface area contributed by atoms with Gasteiger partial charge < -0.3 is 15.4 Å². The van der Waals surface area contributed by atoms with Gasteiger partial charge in [-0.05, 0) is 20.8 Å². The first-order valence-corrected chi connectivity index (χ1v) is 6.34. The van der Waals surface area contributed by atoms with E-state index in [1.165, 1.54) is 17.5 Å². The molecule has 0 aliphatic carbocycles. The van der Waals surface area contributed by atoms with E-state index in [0.29, 0.717) is 23.1 Å². The smallest absolute Gasteiger partial charge is 0.407 e. The van der Waals surface area contributed by atoms with Crippen molar-refractivity contribution in [3.05, 3.63) is 11.1 Å². The Labute approximate surface area is 110 Å². The molecule has 0 atom stereocenters. The molecule has 1 aromatic rings. The highest BCUT2D eigenvalue weighted by Gasteiger charge is 2.15. The maximum Gasteiger partial charge on any atom is 0.407 e. The number of ether oxygens (including phenoxy) is 1. The molecule has 0 saturated carbocycles. The zero-order valence-electron chi connectivity index (χ0n) is 10.6. The summed E-state index contributed by atoms with van der Waals surface area (Å²) in [5.74, 6) is 0. The quantitative estimate of drug-likeness (QED) is 0.631. The standard InChI is InChI=1S/C11H17N3O3S/c1-11(2,3)17-10(16)13-5-4-12-9-14-6-8(7-15)18-9/h6-7H,4-5H2,1-3H3,(H,12,14)(H,13,16). The van der Waals surface area contributed by atoms with E-state index in [2.05, 4.69) is 15.6 Å². The molecule has 0 bridgehead atoms. The van der Waals surface area contributed by atoms with Crippen LogP contribution in [-0.2, 0) is 4.74 Å². The van der Waals surface area contributed by atoms with E-state index in [-0.39, 0.29) is 0 Å². The fraction of sp³-hybridized carbons (Fsp3) is 0.545. The number of carbonyl (C=O) groups is 2. The molecule has 1 rings (SSSR count). The van der Waals surface area contributed by atoms with Gasteiger partial charge in [0.15, 0.2) is 11.4 Å². The van der Waals surface area contributed by atoms with Crippen LogP contribution in [0.2, 0.25) is 0 Å². The molecule has 0 unspecified atom stereocenters. The molecular weight excluding hydrogens is 254 g/mol. The molecule has 1 aromatic heterocycles. The summed E-state index contributed by atoms with van der Waals surface area (Å²) in [6, 6.07) is 0. The Morgan fingerprint density at radius 1 is 1.50 bits per heavy atom. The van der Waals surface area contributed by atoms with Crippen molar-refractivity contribution < 1.29 is 14.3 Å². The van der Waals surface area contributed by atoms with Crippen molar-refractivity contribution in [2.45, 2.75) is 26.4 Å². The fourth-order valence-corrected chi connectivity index (χ4v) is 1.73. The zero-order chi connectivity index (χ0) is 13.6. The number of amides is 1. The Bertz CT molecular complexity index is 412. The van der Waals surface area contributed by atoms with E-state index in [0.717, 1.165) is 6.29 Å². The molecule has 0 aliphatic heterocycles. The van der Waals surface area contributed by atoms with Crippen LogP contribution in [0, 0.1) is 0 Å². The van der Waals surface area contributed by atoms with Crippen molar-refractivity contribution in [2.75, 3.05) is 18.4 Å². The van der Waals surface area contributed by atoms with Gasteiger partial charge in [0, 0.05) is 13.1 Å². The van der Waals surface area contributed by atoms with E-state index >= 15 is 0 Å². The number of hydrogen-bond acceptors (Lipinski definition) is 6. The van der Waals surface area contributed by atoms with Gasteiger partial charge in [0.2, 0.25) is 0 Å². The summed E-state index contributed by atoms with van der Waals surface area (Å²) < 4.78 is 5.07. The first kappa shape index (κ1) is 14.4. The molecule has 2 N–H and O–H groups in total. The Balaban J connectivity index is 2.19. The summed E-state index contributed by atoms with van der Waals surface area (Å²) in [5.41, 5.74) is -0.494. The first-order valence-electron chi connectivity index (χ1n) is 5.52. The number of alkyl carbamates (subject to hydrolysis) is 1. The van der Waals surface area contributed by atoms with Crippen LogP contribution in [0.25, 0.3) is 0 Å². The minimum absolute atomic E-state index is 0.422. The van der Waals surface area contributed by atoms with E-state index in [1.54, 1.807) is 20.8 Å². The van der Waals surface area contributed by atoms with E-state index < -0.39 is 11.7 Å². The monoisotopic (exact) mass is 271 g/mol. The molecule has 18 heavy (non-hydrogen) atoms. The lowest BCUT2D eigenvalue weighted by atomic mass is 10.2. The second kappa shape index (κ2) is 6.34. The highest BCUT2D eigenvalue weighted by Crippen LogP contribution is 2.15. The number of nitrogens with zero attached hydrogens (tertiary/aromatic N) is 1. The number of rotatable bonds is 5. The number of thiazole rings is 1. The second-order valence-corrected chi connectivity index (χ2v) is 5.60. The third-order valence-corrected chi connectivity index (χ3v) is 2.59. The Morgan fingerprint density at radius 3 is 2.78 bits per heavy atom. The average molecular weight is 271 g/mol. The van der Waals surface area contributed by atoms with Crippen LogP contribution in [-0.4, -0.2) is 36.1 Å². The van der Waals surface area contributed by atoms with Gasteiger partial charge in [-0.2, -0.15) is 0 Å². The Kier molecular flexibility index (Phi) is 5.08. The number of nitrogens with one attached hydrogen (secondary N) is 2. The SMILES string of the molecule is CC(C)(C)OC(=O)NCCNc1ncc(C=O)s1. The molecule has 1 heterocycles. The van der Waals surface area contributed by atoms with Crippen molar-refractivity contribution in [3.63, 3.8) is 0 Å². The van der Waals surface area contributed by atoms with Crippen molar-refractivity contribution in [1.29, 1.82) is 0 Å². The van der Waals surface area contributed by atoms with Crippen molar-refractivity contribution in [1.82, 2.24) is 10.3 Å². The average Bonchev–Trinajstić information content (AvgIpc) is 2.70. The molecule has 0 radical (unpaired) electrons. The predicted molar refractivity (Wildman–Crippen MR) is 70.2 cm³/mol. The molecule has 0 aromatic carbocycles. The molecular formula is C11H17N3O3S. The lowest BCUT2D eigenvalue weighted by Crippen LogP contribution is -2.34. The number of aldehydes is 1. The zero-order valence-corrected chi connectivity index (χ0v) is 11.5. The number of aromatic nitrogens is 1. The summed E-state index contributed by atoms with van der Waals surface area (Å²) in [6.45, 7) is 6.36. The summed E-state index contributed by atoms with van der Waals surface area (Å²) in [7, 11) is 0. The number of anilines is 1. The molecule has 0 fully saturated rings. The van der Waals surface area contributed by atoms with E-state index in [9.17, 15) is 9.59 Å². The molecule has 0 spiro atoms. The Morgan fingerprint density at radius 2 is 2.22 bits per heavy atom. The van der Waals surface area contributed by atoms with Crippen LogP contribution in [0.15, 0.2) is 6.20 Å². The third-order valence-electron chi connectivity index (χ3n) is 1.71. The van der Waals surface area contributed by atoms with Crippen LogP contribution >= 0.6 is 11.3 Å². The van der Waals surface area contributed by atoms with Crippen LogP contribution in [0.1, 0.15) is 30.4 Å². The van der Waals surface area contributed by atoms with Gasteiger partial charge in [-0.15, -0.1) is 0 Å². The normalized spacial score (nSPS) is 10.8. The van der Waals surface area contributed by atoms with Gasteiger partial charge >= 0.3 is 6.09 Å². The summed E-state index contributed by atoms with van der Waals surface area (Å²) >= 11 is 1.27. The molecule has 0 aliphatic rings. The maximum absolute atomic E-state index is 11.3. The van der Waals surface area contributed by atoms with Gasteiger partial charge in [-0.1, -0.05) is 11.3 Å². The molecule has 100 valence electrons. The largest absolute Gasteiger partial charge is 0.444 e. The van der Waals surface area contributed by atoms with E-state index in [4.69, 9.17) is 4.74 Å². The Hall–Kier alpha value is -1.63. The number of hydrogen-bond donors (Lipinski definition) is 2. The molecule has 6 nitrogen and oxygen atoms in total. The van der Waals surface area contributed by atoms with Gasteiger partial charge in [0.05, 0.1) is 11.1 Å². The topological polar surface area (TPSA) is 80.3 Å². The molecule has 0 saturated heterocycles. The second-order valence-electron chi connectivity index (χ2n) is 4.54. The van der Waals surface area contributed by atoms with Crippen LogP contribution in [0.4, 0.5) is 9.93 Å². The summed E-state index contributed by atoms with van der Waals surface area (Å²) in [4.78, 5) is 26.3. The highest BCUT2D eigenvalue weighted by atomic mass is 32.1. The fourth-order valence-electron chi connectivity index (χ4n) is 1.07. The van der Waals surface area contributed by atoms with Crippen molar-refractivity contribution >= 4 is 28.8 Å². The minimum Gasteiger partial charge on any atom is -0.444 e. The van der Waals surface area contributed by atoms with Crippen molar-refractivity contribution in [2.24, 2.45) is 0 Å². The van der Waals surface area contributed by atoms with E-state index in [1.807, 2.05) is 0 Å². The lowest BCUT2D eigenvalue weighted by molar-refractivity contribution is 0.0530. The van der Waals surface area contributed by atoms with Gasteiger partial charge in [-0.25, -0.2) is 9.78 Å². The highest BCUT2D eigenvalue weighted by molar-refractivity contribution is 7.17. The lowest BCUT2D eigenvalue weighted by Gasteiger charge is -2.19. The number of carbonyl (C=O) groups excluding carboxylic acids is 2. The van der Waals surface area contributed by atoms with Gasteiger partial charge in [0.25, 0.3) is 0 Å². The van der Waals surface area contributed by atoms with Gasteiger partial charge in [-0.3, -0.25) is 4.79 Å². The first-order chi connectivity index (χ1) is 8.40. The summed E-state index contributed by atoms with van der Waals surface area (Å²) in [5, 5.41) is 6.27.